The van der Waals surface area contributed by atoms with Crippen LogP contribution in [-0.2, 0) is 11.2 Å². The van der Waals surface area contributed by atoms with Gasteiger partial charge in [0.05, 0.1) is 12.5 Å². The van der Waals surface area contributed by atoms with E-state index in [2.05, 4.69) is 4.98 Å². The molecule has 1 aliphatic rings. The Hall–Kier alpha value is -3.29. The predicted molar refractivity (Wildman–Crippen MR) is 118 cm³/mol. The van der Waals surface area contributed by atoms with Crippen LogP contribution in [0.15, 0.2) is 36.9 Å². The van der Waals surface area contributed by atoms with Crippen LogP contribution >= 0.6 is 0 Å². The van der Waals surface area contributed by atoms with Crippen molar-refractivity contribution in [3.63, 3.8) is 0 Å². The number of pyridine rings is 1. The van der Waals surface area contributed by atoms with Crippen LogP contribution in [0.5, 0.6) is 11.5 Å². The van der Waals surface area contributed by atoms with Gasteiger partial charge in [-0.25, -0.2) is 14.2 Å². The van der Waals surface area contributed by atoms with E-state index in [9.17, 15) is 14.3 Å². The van der Waals surface area contributed by atoms with Gasteiger partial charge in [-0.3, -0.25) is 0 Å². The molecule has 1 aromatic carbocycles. The molecule has 8 heteroatoms. The quantitative estimate of drug-likeness (QED) is 0.591. The summed E-state index contributed by atoms with van der Waals surface area (Å²) in [5.74, 6) is -0.446. The fraction of sp³-hybridized carbons (Fsp3) is 0.417. The summed E-state index contributed by atoms with van der Waals surface area (Å²) >= 11 is 0. The van der Waals surface area contributed by atoms with E-state index >= 15 is 0 Å². The molecule has 4 rings (SSSR count). The number of ether oxygens (including phenoxy) is 2. The second-order valence-corrected chi connectivity index (χ2v) is 9.41. The van der Waals surface area contributed by atoms with Crippen LogP contribution in [0.25, 0.3) is 16.6 Å². The molecule has 1 aliphatic carbocycles. The van der Waals surface area contributed by atoms with Crippen LogP contribution in [-0.4, -0.2) is 32.3 Å². The third-order valence-corrected chi connectivity index (χ3v) is 6.42. The first-order chi connectivity index (χ1) is 15.0. The number of hydrogen-bond acceptors (Lipinski definition) is 5. The summed E-state index contributed by atoms with van der Waals surface area (Å²) < 4.78 is 27.8. The molecule has 3 aromatic rings. The van der Waals surface area contributed by atoms with Crippen molar-refractivity contribution in [3.8, 4) is 22.6 Å². The molecule has 2 heterocycles. The molecule has 0 saturated heterocycles. The van der Waals surface area contributed by atoms with Gasteiger partial charge >= 0.3 is 6.09 Å². The Kier molecular flexibility index (Phi) is 5.27. The number of aryl methyl sites for hydroxylation is 1. The van der Waals surface area contributed by atoms with Gasteiger partial charge in [0.15, 0.2) is 11.6 Å². The lowest BCUT2D eigenvalue weighted by atomic mass is 9.62. The van der Waals surface area contributed by atoms with Crippen LogP contribution in [0.1, 0.15) is 46.1 Å². The molecule has 0 unspecified atom stereocenters. The number of carbonyl (C=O) groups excluding carboxylic acids is 1. The molecule has 0 bridgehead atoms. The van der Waals surface area contributed by atoms with Crippen LogP contribution < -0.4 is 10.5 Å². The first-order valence-corrected chi connectivity index (χ1v) is 10.7. The fourth-order valence-electron chi connectivity index (χ4n) is 4.39. The van der Waals surface area contributed by atoms with E-state index in [-0.39, 0.29) is 17.3 Å². The molecular weight excluding hydrogens is 413 g/mol. The number of rotatable bonds is 5. The summed E-state index contributed by atoms with van der Waals surface area (Å²) in [5.41, 5.74) is 7.35. The highest BCUT2D eigenvalue weighted by atomic mass is 19.1. The topological polar surface area (TPSA) is 99.1 Å². The summed E-state index contributed by atoms with van der Waals surface area (Å²) in [6.45, 7) is 7.97. The summed E-state index contributed by atoms with van der Waals surface area (Å²) in [4.78, 5) is 15.7. The van der Waals surface area contributed by atoms with E-state index in [4.69, 9.17) is 15.2 Å². The molecule has 1 amide bonds. The summed E-state index contributed by atoms with van der Waals surface area (Å²) in [5, 5.41) is 9.77. The Bertz CT molecular complexity index is 1180. The molecule has 1 fully saturated rings. The zero-order valence-corrected chi connectivity index (χ0v) is 18.7. The van der Waals surface area contributed by atoms with Gasteiger partial charge < -0.3 is 24.7 Å². The first-order valence-electron chi connectivity index (χ1n) is 10.7. The van der Waals surface area contributed by atoms with Crippen LogP contribution in [0.3, 0.4) is 0 Å². The number of aromatic nitrogens is 2. The summed E-state index contributed by atoms with van der Waals surface area (Å²) in [7, 11) is 0. The van der Waals surface area contributed by atoms with E-state index in [1.54, 1.807) is 12.5 Å². The maximum atomic E-state index is 14.2. The van der Waals surface area contributed by atoms with Crippen LogP contribution in [0.4, 0.5) is 9.18 Å². The number of primary amides is 1. The van der Waals surface area contributed by atoms with Crippen molar-refractivity contribution in [2.24, 2.45) is 11.1 Å². The number of fused-ring (bicyclic) bond motifs is 1. The number of aromatic hydroxyl groups is 1. The Balaban J connectivity index is 1.68. The molecular formula is C24H28FN3O4. The van der Waals surface area contributed by atoms with Gasteiger partial charge in [0.2, 0.25) is 0 Å². The Morgan fingerprint density at radius 2 is 2.06 bits per heavy atom. The number of halogens is 1. The minimum Gasteiger partial charge on any atom is -0.505 e. The number of carbonyl (C=O) groups is 1. The van der Waals surface area contributed by atoms with E-state index in [1.165, 1.54) is 12.1 Å². The van der Waals surface area contributed by atoms with Crippen LogP contribution in [0, 0.1) is 11.2 Å². The molecule has 3 N–H and O–H groups in total. The normalized spacial score (nSPS) is 20.7. The molecule has 0 aliphatic heterocycles. The number of nitrogens with zero attached hydrogens (tertiary/aromatic N) is 2. The number of nitrogens with two attached hydrogens (primary N) is 1. The smallest absolute Gasteiger partial charge is 0.405 e. The van der Waals surface area contributed by atoms with Crippen molar-refractivity contribution in [2.75, 3.05) is 0 Å². The lowest BCUT2D eigenvalue weighted by molar-refractivity contribution is -0.164. The zero-order valence-electron chi connectivity index (χ0n) is 18.7. The Morgan fingerprint density at radius 3 is 2.69 bits per heavy atom. The van der Waals surface area contributed by atoms with E-state index < -0.39 is 17.5 Å². The maximum Gasteiger partial charge on any atom is 0.405 e. The third-order valence-electron chi connectivity index (χ3n) is 6.42. The molecule has 0 atom stereocenters. The van der Waals surface area contributed by atoms with E-state index in [0.717, 1.165) is 16.6 Å². The van der Waals surface area contributed by atoms with Crippen molar-refractivity contribution in [2.45, 2.75) is 58.7 Å². The van der Waals surface area contributed by atoms with Crippen LogP contribution in [0.2, 0.25) is 0 Å². The highest BCUT2D eigenvalue weighted by Crippen LogP contribution is 2.50. The standard InChI is InChI=1S/C24H28FN3O4/c1-5-14-6-20(29)18(25)8-17(14)15-7-21(19-11-27-13-28(19)12-15)31-16-9-24(10-16,23(2,3)4)32-22(26)30/h6-8,11-13,16,29H,5,9-10H2,1-4H3,(H2,26,30). The van der Waals surface area contributed by atoms with Gasteiger partial charge in [0.1, 0.15) is 23.0 Å². The fourth-order valence-corrected chi connectivity index (χ4v) is 4.39. The molecule has 0 spiro atoms. The predicted octanol–water partition coefficient (Wildman–Crippen LogP) is 4.83. The van der Waals surface area contributed by atoms with E-state index in [1.807, 2.05) is 44.4 Å². The van der Waals surface area contributed by atoms with Crippen molar-refractivity contribution in [3.05, 3.63) is 48.3 Å². The van der Waals surface area contributed by atoms with Gasteiger partial charge in [0, 0.05) is 30.0 Å². The maximum absolute atomic E-state index is 14.2. The average Bonchev–Trinajstić information content (AvgIpc) is 3.15. The zero-order chi connectivity index (χ0) is 23.3. The SMILES string of the molecule is CCc1cc(O)c(F)cc1-c1cc(OC2CC(OC(N)=O)(C(C)(C)C)C2)c2cncn2c1. The van der Waals surface area contributed by atoms with Gasteiger partial charge in [-0.05, 0) is 35.7 Å². The first kappa shape index (κ1) is 21.9. The minimum absolute atomic E-state index is 0.176. The van der Waals surface area contributed by atoms with Crippen molar-refractivity contribution in [1.82, 2.24) is 9.38 Å². The number of imidazole rings is 1. The lowest BCUT2D eigenvalue weighted by Crippen LogP contribution is -2.60. The number of benzene rings is 1. The Labute approximate surface area is 186 Å². The van der Waals surface area contributed by atoms with Crippen molar-refractivity contribution < 1.29 is 23.8 Å². The number of hydrogen-bond donors (Lipinski definition) is 2. The second kappa shape index (κ2) is 7.69. The van der Waals surface area contributed by atoms with Crippen molar-refractivity contribution in [1.29, 1.82) is 0 Å². The summed E-state index contributed by atoms with van der Waals surface area (Å²) in [6.07, 6.45) is 5.90. The monoisotopic (exact) mass is 441 g/mol. The lowest BCUT2D eigenvalue weighted by Gasteiger charge is -2.53. The van der Waals surface area contributed by atoms with Gasteiger partial charge in [-0.1, -0.05) is 27.7 Å². The number of phenolic OH excluding ortho intramolecular Hbond substituents is 1. The highest BCUT2D eigenvalue weighted by Gasteiger charge is 2.56. The van der Waals surface area contributed by atoms with Crippen molar-refractivity contribution >= 4 is 11.6 Å². The molecule has 1 saturated carbocycles. The molecule has 0 radical (unpaired) electrons. The molecule has 170 valence electrons. The largest absolute Gasteiger partial charge is 0.505 e. The average molecular weight is 442 g/mol. The van der Waals surface area contributed by atoms with Gasteiger partial charge in [-0.15, -0.1) is 0 Å². The third kappa shape index (κ3) is 3.74. The summed E-state index contributed by atoms with van der Waals surface area (Å²) in [6, 6.07) is 4.65. The number of amides is 1. The van der Waals surface area contributed by atoms with Gasteiger partial charge in [-0.2, -0.15) is 0 Å². The molecule has 7 nitrogen and oxygen atoms in total. The molecule has 32 heavy (non-hydrogen) atoms. The number of phenols is 1. The highest BCUT2D eigenvalue weighted by molar-refractivity contribution is 5.74. The van der Waals surface area contributed by atoms with Gasteiger partial charge in [0.25, 0.3) is 0 Å². The minimum atomic E-state index is -0.792. The Morgan fingerprint density at radius 1 is 1.34 bits per heavy atom. The molecule has 2 aromatic heterocycles. The second-order valence-electron chi connectivity index (χ2n) is 9.41. The van der Waals surface area contributed by atoms with E-state index in [0.29, 0.717) is 30.6 Å².